The van der Waals surface area contributed by atoms with Crippen LogP contribution in [-0.2, 0) is 16.6 Å². The lowest BCUT2D eigenvalue weighted by Gasteiger charge is -2.13. The van der Waals surface area contributed by atoms with Gasteiger partial charge in [0.25, 0.3) is 5.91 Å². The molecule has 9 heteroatoms. The van der Waals surface area contributed by atoms with E-state index in [2.05, 4.69) is 22.0 Å². The minimum Gasteiger partial charge on any atom is -0.464 e. The highest BCUT2D eigenvalue weighted by atomic mass is 16.5. The summed E-state index contributed by atoms with van der Waals surface area (Å²) in [7, 11) is 4.76. The van der Waals surface area contributed by atoms with Crippen molar-refractivity contribution in [3.05, 3.63) is 53.6 Å². The molecule has 1 aliphatic heterocycles. The molecule has 0 saturated carbocycles. The van der Waals surface area contributed by atoms with E-state index in [-0.39, 0.29) is 12.1 Å². The molecule has 0 bridgehead atoms. The van der Waals surface area contributed by atoms with Gasteiger partial charge in [0.15, 0.2) is 5.69 Å². The number of esters is 1. The molecule has 2 aromatic heterocycles. The Morgan fingerprint density at radius 3 is 2.62 bits per heavy atom. The molecule has 9 nitrogen and oxygen atoms in total. The number of aryl methyl sites for hydroxylation is 2. The largest absolute Gasteiger partial charge is 0.464 e. The second-order valence-corrected chi connectivity index (χ2v) is 7.77. The molecule has 32 heavy (non-hydrogen) atoms. The molecule has 164 valence electrons. The molecule has 0 spiro atoms. The zero-order valence-electron chi connectivity index (χ0n) is 18.3. The smallest absolute Gasteiger partial charge is 0.359 e. The number of likely N-dealkylation sites (N-methyl/N-ethyl adjacent to an activating group) is 1. The Morgan fingerprint density at radius 2 is 2.00 bits per heavy atom. The van der Waals surface area contributed by atoms with Crippen molar-refractivity contribution in [1.82, 2.24) is 24.5 Å². The lowest BCUT2D eigenvalue weighted by Crippen LogP contribution is -2.37. The van der Waals surface area contributed by atoms with Crippen molar-refractivity contribution in [3.8, 4) is 28.7 Å². The quantitative estimate of drug-likeness (QED) is 0.494. The first-order valence-corrected chi connectivity index (χ1v) is 10.0. The molecule has 3 aromatic rings. The third kappa shape index (κ3) is 3.76. The van der Waals surface area contributed by atoms with E-state index in [1.807, 2.05) is 26.2 Å². The second kappa shape index (κ2) is 7.98. The molecule has 1 fully saturated rings. The van der Waals surface area contributed by atoms with Crippen LogP contribution in [0.3, 0.4) is 0 Å². The van der Waals surface area contributed by atoms with Gasteiger partial charge in [-0.05, 0) is 25.1 Å². The molecule has 0 radical (unpaired) electrons. The number of ether oxygens (including phenoxy) is 1. The highest BCUT2D eigenvalue weighted by molar-refractivity contribution is 5.95. The Labute approximate surface area is 185 Å². The van der Waals surface area contributed by atoms with Crippen LogP contribution in [0.25, 0.3) is 16.8 Å². The maximum atomic E-state index is 12.4. The fraction of sp³-hybridized carbons (Fsp3) is 0.304. The Kier molecular flexibility index (Phi) is 5.32. The lowest BCUT2D eigenvalue weighted by atomic mass is 10.0. The summed E-state index contributed by atoms with van der Waals surface area (Å²) in [5.74, 6) is 4.66. The average Bonchev–Trinajstić information content (AvgIpc) is 3.44. The maximum absolute atomic E-state index is 12.4. The van der Waals surface area contributed by atoms with Gasteiger partial charge < -0.3 is 14.7 Å². The number of methoxy groups -OCH3 is 1. The summed E-state index contributed by atoms with van der Waals surface area (Å²) in [5.41, 5.74) is 1.92. The van der Waals surface area contributed by atoms with Crippen LogP contribution in [0.2, 0.25) is 0 Å². The molecular formula is C23H23N5O4. The topological polar surface area (TPSA) is 102 Å². The molecule has 0 aliphatic carbocycles. The van der Waals surface area contributed by atoms with Gasteiger partial charge >= 0.3 is 5.97 Å². The maximum Gasteiger partial charge on any atom is 0.359 e. The molecule has 1 saturated heterocycles. The van der Waals surface area contributed by atoms with Crippen LogP contribution in [-0.4, -0.2) is 67.7 Å². The zero-order chi connectivity index (χ0) is 23.0. The predicted octanol–water partition coefficient (Wildman–Crippen LogP) is 1.31. The Morgan fingerprint density at radius 1 is 1.22 bits per heavy atom. The van der Waals surface area contributed by atoms with Gasteiger partial charge in [-0.15, -0.1) is 0 Å². The number of hydrogen-bond acceptors (Lipinski definition) is 6. The van der Waals surface area contributed by atoms with Crippen molar-refractivity contribution in [2.45, 2.75) is 18.9 Å². The number of likely N-dealkylation sites (tertiary alicyclic amines) is 1. The van der Waals surface area contributed by atoms with E-state index >= 15 is 0 Å². The summed E-state index contributed by atoms with van der Waals surface area (Å²) < 4.78 is 8.16. The monoisotopic (exact) mass is 433 g/mol. The number of carbonyl (C=O) groups is 2. The summed E-state index contributed by atoms with van der Waals surface area (Å²) >= 11 is 0. The third-order valence-corrected chi connectivity index (χ3v) is 5.43. The van der Waals surface area contributed by atoms with Crippen molar-refractivity contribution in [2.24, 2.45) is 7.05 Å². The van der Waals surface area contributed by atoms with Crippen LogP contribution in [0.1, 0.15) is 28.2 Å². The van der Waals surface area contributed by atoms with Crippen LogP contribution >= 0.6 is 0 Å². The normalized spacial score (nSPS) is 17.9. The van der Waals surface area contributed by atoms with Gasteiger partial charge in [-0.25, -0.2) is 9.48 Å². The predicted molar refractivity (Wildman–Crippen MR) is 116 cm³/mol. The number of rotatable bonds is 3. The van der Waals surface area contributed by atoms with Gasteiger partial charge in [0, 0.05) is 56.1 Å². The van der Waals surface area contributed by atoms with Gasteiger partial charge in [-0.2, -0.15) is 10.2 Å². The average molecular weight is 433 g/mol. The van der Waals surface area contributed by atoms with Crippen LogP contribution in [0.4, 0.5) is 0 Å². The van der Waals surface area contributed by atoms with Crippen LogP contribution in [0, 0.1) is 18.8 Å². The number of aliphatic hydroxyl groups is 1. The first-order valence-electron chi connectivity index (χ1n) is 10.0. The number of hydrogen-bond donors (Lipinski definition) is 1. The molecule has 0 unspecified atom stereocenters. The highest BCUT2D eigenvalue weighted by Crippen LogP contribution is 2.28. The summed E-state index contributed by atoms with van der Waals surface area (Å²) in [6.07, 6.45) is 3.83. The van der Waals surface area contributed by atoms with E-state index in [1.54, 1.807) is 40.8 Å². The van der Waals surface area contributed by atoms with Crippen LogP contribution in [0.15, 0.2) is 36.7 Å². The van der Waals surface area contributed by atoms with Gasteiger partial charge in [0.05, 0.1) is 18.5 Å². The van der Waals surface area contributed by atoms with Gasteiger partial charge in [0.1, 0.15) is 0 Å². The molecule has 1 amide bonds. The van der Waals surface area contributed by atoms with Crippen molar-refractivity contribution in [3.63, 3.8) is 0 Å². The van der Waals surface area contributed by atoms with E-state index in [0.29, 0.717) is 23.4 Å². The van der Waals surface area contributed by atoms with Crippen molar-refractivity contribution in [2.75, 3.05) is 20.7 Å². The van der Waals surface area contributed by atoms with Crippen molar-refractivity contribution in [1.29, 1.82) is 0 Å². The molecule has 1 atom stereocenters. The van der Waals surface area contributed by atoms with Crippen LogP contribution in [0.5, 0.6) is 0 Å². The fourth-order valence-corrected chi connectivity index (χ4v) is 3.69. The number of benzene rings is 1. The first-order chi connectivity index (χ1) is 15.2. The summed E-state index contributed by atoms with van der Waals surface area (Å²) in [6.45, 7) is 2.32. The molecule has 4 rings (SSSR count). The minimum absolute atomic E-state index is 0.175. The lowest BCUT2D eigenvalue weighted by molar-refractivity contribution is -0.137. The molecule has 1 aliphatic rings. The van der Waals surface area contributed by atoms with E-state index in [4.69, 9.17) is 4.74 Å². The summed E-state index contributed by atoms with van der Waals surface area (Å²) in [5, 5.41) is 19.3. The summed E-state index contributed by atoms with van der Waals surface area (Å²) in [6, 6.07) is 7.16. The molecule has 1 aromatic carbocycles. The first kappa shape index (κ1) is 21.3. The standard InChI is InChI=1S/C23H23N5O4/c1-15-18(13-27(3)24-15)19-14-28(25-20(19)21(29)32-4)17-7-5-6-16(12-17)8-9-23(31)10-11-26(2)22(23)30/h5-7,12-14,31H,10-11H2,1-4H3/t23-/m0/s1. The number of amides is 1. The Hall–Kier alpha value is -3.90. The van der Waals surface area contributed by atoms with Gasteiger partial charge in [0.2, 0.25) is 5.60 Å². The number of aromatic nitrogens is 4. The number of nitrogens with zero attached hydrogens (tertiary/aromatic N) is 5. The van der Waals surface area contributed by atoms with Gasteiger partial charge in [-0.1, -0.05) is 17.9 Å². The second-order valence-electron chi connectivity index (χ2n) is 7.77. The SMILES string of the molecule is COC(=O)c1nn(-c2cccc(C#C[C@]3(O)CCN(C)C3=O)c2)cc1-c1cn(C)nc1C. The van der Waals surface area contributed by atoms with E-state index in [0.717, 1.165) is 11.3 Å². The molecule has 3 heterocycles. The van der Waals surface area contributed by atoms with Gasteiger partial charge in [-0.3, -0.25) is 9.48 Å². The molecule has 1 N–H and O–H groups in total. The van der Waals surface area contributed by atoms with Crippen molar-refractivity contribution < 1.29 is 19.4 Å². The van der Waals surface area contributed by atoms with E-state index in [1.165, 1.54) is 12.0 Å². The Balaban J connectivity index is 1.73. The summed E-state index contributed by atoms with van der Waals surface area (Å²) in [4.78, 5) is 26.0. The zero-order valence-corrected chi connectivity index (χ0v) is 18.3. The van der Waals surface area contributed by atoms with E-state index in [9.17, 15) is 14.7 Å². The minimum atomic E-state index is -1.67. The third-order valence-electron chi connectivity index (χ3n) is 5.43. The Bertz CT molecular complexity index is 1280. The highest BCUT2D eigenvalue weighted by Gasteiger charge is 2.42. The number of carbonyl (C=O) groups excluding carboxylic acids is 2. The van der Waals surface area contributed by atoms with Crippen LogP contribution < -0.4 is 0 Å². The fourth-order valence-electron chi connectivity index (χ4n) is 3.69. The van der Waals surface area contributed by atoms with E-state index < -0.39 is 17.5 Å². The van der Waals surface area contributed by atoms with Crippen molar-refractivity contribution >= 4 is 11.9 Å². The molecular weight excluding hydrogens is 410 g/mol.